The number of rotatable bonds is 3. The first-order valence-electron chi connectivity index (χ1n) is 7.56. The number of piperazine rings is 1. The highest BCUT2D eigenvalue weighted by atomic mass is 127. The van der Waals surface area contributed by atoms with Crippen molar-refractivity contribution >= 4 is 34.5 Å². The van der Waals surface area contributed by atoms with Gasteiger partial charge in [-0.2, -0.15) is 5.10 Å². The Kier molecular flexibility index (Phi) is 5.04. The van der Waals surface area contributed by atoms with Gasteiger partial charge < -0.3 is 14.5 Å². The molecule has 1 amide bonds. The molecule has 2 aromatic rings. The standard InChI is InChI=1S/C16H19IN4O2/c1-12-14(17)15(19-18-12)20-7-9-21(10-8-20)16(22)23-11-13-5-3-2-4-6-13/h2-6H,7-11H2,1H3,(H,18,19). The van der Waals surface area contributed by atoms with Crippen LogP contribution >= 0.6 is 22.6 Å². The van der Waals surface area contributed by atoms with Crippen LogP contribution in [0, 0.1) is 10.5 Å². The molecular formula is C16H19IN4O2. The molecule has 1 fully saturated rings. The minimum atomic E-state index is -0.249. The number of aryl methyl sites for hydroxylation is 1. The average molecular weight is 426 g/mol. The van der Waals surface area contributed by atoms with Crippen molar-refractivity contribution < 1.29 is 9.53 Å². The number of carbonyl (C=O) groups is 1. The highest BCUT2D eigenvalue weighted by molar-refractivity contribution is 14.1. The molecule has 1 aliphatic rings. The van der Waals surface area contributed by atoms with Crippen molar-refractivity contribution in [1.82, 2.24) is 15.1 Å². The second-order valence-corrected chi connectivity index (χ2v) is 6.58. The van der Waals surface area contributed by atoms with E-state index in [0.29, 0.717) is 19.7 Å². The summed E-state index contributed by atoms with van der Waals surface area (Å²) in [5.41, 5.74) is 2.08. The van der Waals surface area contributed by atoms with Gasteiger partial charge in [-0.1, -0.05) is 30.3 Å². The maximum Gasteiger partial charge on any atom is 0.410 e. The zero-order valence-electron chi connectivity index (χ0n) is 13.0. The second kappa shape index (κ2) is 7.20. The lowest BCUT2D eigenvalue weighted by molar-refractivity contribution is 0.0941. The van der Waals surface area contributed by atoms with E-state index in [1.165, 1.54) is 0 Å². The largest absolute Gasteiger partial charge is 0.445 e. The normalized spacial score (nSPS) is 14.9. The van der Waals surface area contributed by atoms with Crippen LogP contribution in [-0.4, -0.2) is 47.4 Å². The number of halogens is 1. The monoisotopic (exact) mass is 426 g/mol. The number of anilines is 1. The van der Waals surface area contributed by atoms with E-state index in [-0.39, 0.29) is 6.09 Å². The van der Waals surface area contributed by atoms with Crippen molar-refractivity contribution in [2.24, 2.45) is 0 Å². The molecule has 2 heterocycles. The molecule has 1 aliphatic heterocycles. The number of nitrogens with zero attached hydrogens (tertiary/aromatic N) is 3. The highest BCUT2D eigenvalue weighted by Gasteiger charge is 2.25. The quantitative estimate of drug-likeness (QED) is 0.768. The lowest BCUT2D eigenvalue weighted by atomic mass is 10.2. The number of aromatic amines is 1. The number of amides is 1. The van der Waals surface area contributed by atoms with Gasteiger partial charge in [-0.25, -0.2) is 4.79 Å². The summed E-state index contributed by atoms with van der Waals surface area (Å²) in [5, 5.41) is 7.35. The van der Waals surface area contributed by atoms with Gasteiger partial charge in [-0.15, -0.1) is 0 Å². The zero-order chi connectivity index (χ0) is 16.2. The second-order valence-electron chi connectivity index (χ2n) is 5.50. The van der Waals surface area contributed by atoms with Gasteiger partial charge >= 0.3 is 6.09 Å². The van der Waals surface area contributed by atoms with Crippen LogP contribution in [0.5, 0.6) is 0 Å². The number of benzene rings is 1. The number of hydrogen-bond acceptors (Lipinski definition) is 4. The van der Waals surface area contributed by atoms with Crippen molar-refractivity contribution in [2.45, 2.75) is 13.5 Å². The summed E-state index contributed by atoms with van der Waals surface area (Å²) < 4.78 is 6.52. The Hall–Kier alpha value is -1.77. The van der Waals surface area contributed by atoms with Crippen LogP contribution < -0.4 is 4.90 Å². The first-order valence-corrected chi connectivity index (χ1v) is 8.64. The van der Waals surface area contributed by atoms with Crippen molar-refractivity contribution in [3.63, 3.8) is 0 Å². The van der Waals surface area contributed by atoms with E-state index >= 15 is 0 Å². The third-order valence-corrected chi connectivity index (χ3v) is 5.19. The molecule has 23 heavy (non-hydrogen) atoms. The fourth-order valence-corrected chi connectivity index (χ4v) is 3.11. The van der Waals surface area contributed by atoms with Crippen LogP contribution in [-0.2, 0) is 11.3 Å². The molecule has 122 valence electrons. The first kappa shape index (κ1) is 16.1. The van der Waals surface area contributed by atoms with Crippen molar-refractivity contribution in [2.75, 3.05) is 31.1 Å². The Bertz CT molecular complexity index is 666. The molecule has 1 N–H and O–H groups in total. The lowest BCUT2D eigenvalue weighted by Crippen LogP contribution is -2.49. The molecule has 0 saturated carbocycles. The molecule has 1 saturated heterocycles. The number of hydrogen-bond donors (Lipinski definition) is 1. The lowest BCUT2D eigenvalue weighted by Gasteiger charge is -2.34. The van der Waals surface area contributed by atoms with Crippen LogP contribution in [0.1, 0.15) is 11.3 Å². The zero-order valence-corrected chi connectivity index (χ0v) is 15.1. The maximum atomic E-state index is 12.1. The Balaban J connectivity index is 1.50. The fourth-order valence-electron chi connectivity index (χ4n) is 2.52. The van der Waals surface area contributed by atoms with Crippen molar-refractivity contribution in [1.29, 1.82) is 0 Å². The number of nitrogens with one attached hydrogen (secondary N) is 1. The molecule has 1 aromatic carbocycles. The van der Waals surface area contributed by atoms with Gasteiger partial charge in [0.25, 0.3) is 0 Å². The molecule has 0 atom stereocenters. The van der Waals surface area contributed by atoms with E-state index in [1.807, 2.05) is 37.3 Å². The number of aromatic nitrogens is 2. The molecule has 3 rings (SSSR count). The Morgan fingerprint density at radius 1 is 1.26 bits per heavy atom. The SMILES string of the molecule is Cc1[nH]nc(N2CCN(C(=O)OCc3ccccc3)CC2)c1I. The molecular weight excluding hydrogens is 407 g/mol. The van der Waals surface area contributed by atoms with Crippen LogP contribution in [0.25, 0.3) is 0 Å². The van der Waals surface area contributed by atoms with Gasteiger partial charge in [0.05, 0.1) is 3.57 Å². The van der Waals surface area contributed by atoms with E-state index in [4.69, 9.17) is 4.74 Å². The summed E-state index contributed by atoms with van der Waals surface area (Å²) in [6.07, 6.45) is -0.249. The highest BCUT2D eigenvalue weighted by Crippen LogP contribution is 2.23. The molecule has 6 nitrogen and oxygen atoms in total. The van der Waals surface area contributed by atoms with E-state index in [1.54, 1.807) is 4.90 Å². The van der Waals surface area contributed by atoms with Gasteiger partial charge in [0.1, 0.15) is 6.61 Å². The maximum absolute atomic E-state index is 12.1. The molecule has 7 heteroatoms. The Morgan fingerprint density at radius 2 is 1.96 bits per heavy atom. The molecule has 1 aromatic heterocycles. The predicted octanol–water partition coefficient (Wildman–Crippen LogP) is 2.78. The molecule has 0 radical (unpaired) electrons. The van der Waals surface area contributed by atoms with Crippen molar-refractivity contribution in [3.05, 3.63) is 45.2 Å². The molecule has 0 aliphatic carbocycles. The van der Waals surface area contributed by atoms with Crippen LogP contribution in [0.2, 0.25) is 0 Å². The average Bonchev–Trinajstić information content (AvgIpc) is 2.93. The van der Waals surface area contributed by atoms with Crippen molar-refractivity contribution in [3.8, 4) is 0 Å². The van der Waals surface area contributed by atoms with Gasteiger partial charge in [0, 0.05) is 31.9 Å². The third-order valence-electron chi connectivity index (χ3n) is 3.90. The number of carbonyl (C=O) groups excluding carboxylic acids is 1. The smallest absolute Gasteiger partial charge is 0.410 e. The minimum Gasteiger partial charge on any atom is -0.445 e. The van der Waals surface area contributed by atoms with Crippen LogP contribution in [0.4, 0.5) is 10.6 Å². The van der Waals surface area contributed by atoms with Gasteiger partial charge in [0.2, 0.25) is 0 Å². The number of ether oxygens (including phenoxy) is 1. The topological polar surface area (TPSA) is 61.5 Å². The van der Waals surface area contributed by atoms with E-state index < -0.39 is 0 Å². The Labute approximate surface area is 148 Å². The summed E-state index contributed by atoms with van der Waals surface area (Å²) in [6.45, 7) is 5.15. The van der Waals surface area contributed by atoms with E-state index in [9.17, 15) is 4.79 Å². The fraction of sp³-hybridized carbons (Fsp3) is 0.375. The van der Waals surface area contributed by atoms with E-state index in [0.717, 1.165) is 33.7 Å². The summed E-state index contributed by atoms with van der Waals surface area (Å²) in [4.78, 5) is 16.1. The summed E-state index contributed by atoms with van der Waals surface area (Å²) in [5.74, 6) is 0.973. The third kappa shape index (κ3) is 3.77. The van der Waals surface area contributed by atoms with E-state index in [2.05, 4.69) is 37.7 Å². The summed E-state index contributed by atoms with van der Waals surface area (Å²) >= 11 is 2.30. The molecule has 0 unspecified atom stereocenters. The van der Waals surface area contributed by atoms with Crippen LogP contribution in [0.15, 0.2) is 30.3 Å². The number of H-pyrrole nitrogens is 1. The van der Waals surface area contributed by atoms with Crippen LogP contribution in [0.3, 0.4) is 0 Å². The molecule has 0 spiro atoms. The minimum absolute atomic E-state index is 0.249. The summed E-state index contributed by atoms with van der Waals surface area (Å²) in [7, 11) is 0. The summed E-state index contributed by atoms with van der Waals surface area (Å²) in [6, 6.07) is 9.73. The Morgan fingerprint density at radius 3 is 2.57 bits per heavy atom. The first-order chi connectivity index (χ1) is 11.1. The van der Waals surface area contributed by atoms with Gasteiger partial charge in [0.15, 0.2) is 5.82 Å². The van der Waals surface area contributed by atoms with Gasteiger partial charge in [-0.3, -0.25) is 5.10 Å². The predicted molar refractivity (Wildman–Crippen MR) is 96.5 cm³/mol. The molecule has 0 bridgehead atoms. The van der Waals surface area contributed by atoms with Gasteiger partial charge in [-0.05, 0) is 35.1 Å².